The SMILES string of the molecule is COc1ccc(Br)cc1-c1cnncc1C(=O)Nc1nc2ncn(-c3ccccc3)c(=O)c2s1. The first-order valence-corrected chi connectivity index (χ1v) is 11.6. The van der Waals surface area contributed by atoms with Crippen molar-refractivity contribution in [2.45, 2.75) is 0 Å². The third-order valence-corrected chi connectivity index (χ3v) is 6.44. The highest BCUT2D eigenvalue weighted by Gasteiger charge is 2.19. The van der Waals surface area contributed by atoms with E-state index in [2.05, 4.69) is 41.4 Å². The molecule has 5 rings (SSSR count). The van der Waals surface area contributed by atoms with Gasteiger partial charge in [-0.3, -0.25) is 19.5 Å². The maximum Gasteiger partial charge on any atom is 0.277 e. The Morgan fingerprint density at radius 3 is 2.68 bits per heavy atom. The number of anilines is 1. The highest BCUT2D eigenvalue weighted by atomic mass is 79.9. The van der Waals surface area contributed by atoms with Crippen molar-refractivity contribution >= 4 is 48.7 Å². The van der Waals surface area contributed by atoms with Crippen molar-refractivity contribution < 1.29 is 9.53 Å². The summed E-state index contributed by atoms with van der Waals surface area (Å²) >= 11 is 4.51. The van der Waals surface area contributed by atoms with Crippen LogP contribution in [0.25, 0.3) is 27.2 Å². The summed E-state index contributed by atoms with van der Waals surface area (Å²) in [6, 6.07) is 14.6. The molecule has 5 aromatic rings. The van der Waals surface area contributed by atoms with E-state index in [0.29, 0.717) is 27.3 Å². The monoisotopic (exact) mass is 534 g/mol. The molecule has 1 N–H and O–H groups in total. The topological polar surface area (TPSA) is 112 Å². The number of nitrogens with one attached hydrogen (secondary N) is 1. The fraction of sp³-hybridized carbons (Fsp3) is 0.0435. The van der Waals surface area contributed by atoms with Crippen molar-refractivity contribution in [3.63, 3.8) is 0 Å². The van der Waals surface area contributed by atoms with E-state index in [1.165, 1.54) is 23.3 Å². The van der Waals surface area contributed by atoms with Gasteiger partial charge in [-0.1, -0.05) is 45.5 Å². The van der Waals surface area contributed by atoms with Crippen molar-refractivity contribution in [3.05, 3.63) is 87.6 Å². The molecule has 1 amide bonds. The van der Waals surface area contributed by atoms with Gasteiger partial charge in [-0.05, 0) is 30.3 Å². The summed E-state index contributed by atoms with van der Waals surface area (Å²) in [5, 5.41) is 10.8. The summed E-state index contributed by atoms with van der Waals surface area (Å²) in [6.07, 6.45) is 4.30. The lowest BCUT2D eigenvalue weighted by Crippen LogP contribution is -2.17. The molecule has 0 saturated carbocycles. The van der Waals surface area contributed by atoms with Crippen molar-refractivity contribution in [3.8, 4) is 22.6 Å². The second kappa shape index (κ2) is 9.12. The zero-order valence-electron chi connectivity index (χ0n) is 17.6. The van der Waals surface area contributed by atoms with Gasteiger partial charge in [-0.25, -0.2) is 4.98 Å². The van der Waals surface area contributed by atoms with Gasteiger partial charge in [0.15, 0.2) is 10.8 Å². The number of ether oxygens (including phenoxy) is 1. The van der Waals surface area contributed by atoms with Crippen LogP contribution in [0.3, 0.4) is 0 Å². The van der Waals surface area contributed by atoms with Crippen LogP contribution in [0.4, 0.5) is 5.13 Å². The van der Waals surface area contributed by atoms with Crippen LogP contribution in [0, 0.1) is 0 Å². The average molecular weight is 535 g/mol. The van der Waals surface area contributed by atoms with Gasteiger partial charge in [0.25, 0.3) is 11.5 Å². The van der Waals surface area contributed by atoms with E-state index >= 15 is 0 Å². The Bertz CT molecular complexity index is 1590. The predicted molar refractivity (Wildman–Crippen MR) is 133 cm³/mol. The van der Waals surface area contributed by atoms with Crippen molar-refractivity contribution in [2.75, 3.05) is 12.4 Å². The lowest BCUT2D eigenvalue weighted by molar-refractivity contribution is 0.102. The van der Waals surface area contributed by atoms with Gasteiger partial charge in [-0.15, -0.1) is 0 Å². The van der Waals surface area contributed by atoms with E-state index in [9.17, 15) is 9.59 Å². The molecule has 2 aromatic carbocycles. The number of thiazole rings is 1. The molecule has 11 heteroatoms. The Hall–Kier alpha value is -3.96. The predicted octanol–water partition coefficient (Wildman–Crippen LogP) is 4.32. The first-order valence-electron chi connectivity index (χ1n) is 9.94. The summed E-state index contributed by atoms with van der Waals surface area (Å²) in [5.41, 5.74) is 2.18. The normalized spacial score (nSPS) is 10.9. The van der Waals surface area contributed by atoms with E-state index < -0.39 is 5.91 Å². The largest absolute Gasteiger partial charge is 0.496 e. The Kier molecular flexibility index (Phi) is 5.86. The third-order valence-electron chi connectivity index (χ3n) is 5.00. The van der Waals surface area contributed by atoms with Gasteiger partial charge in [0.05, 0.1) is 30.8 Å². The van der Waals surface area contributed by atoms with Crippen molar-refractivity contribution in [1.82, 2.24) is 24.7 Å². The molecule has 0 atom stereocenters. The number of hydrogen-bond acceptors (Lipinski definition) is 8. The minimum atomic E-state index is -0.450. The standard InChI is InChI=1S/C23H15BrN6O3S/c1-33-18-8-7-13(24)9-15(18)16-10-26-27-11-17(16)21(31)29-23-28-20-19(34-23)22(32)30(12-25-20)14-5-3-2-4-6-14/h2-12H,1H3,(H,28,29,31). The van der Waals surface area contributed by atoms with Crippen molar-refractivity contribution in [1.29, 1.82) is 0 Å². The van der Waals surface area contributed by atoms with Gasteiger partial charge in [0, 0.05) is 15.6 Å². The number of halogens is 1. The van der Waals surface area contributed by atoms with Crippen LogP contribution in [0.5, 0.6) is 5.75 Å². The molecule has 0 saturated heterocycles. The maximum absolute atomic E-state index is 13.2. The number of carbonyl (C=O) groups is 1. The minimum Gasteiger partial charge on any atom is -0.496 e. The summed E-state index contributed by atoms with van der Waals surface area (Å²) in [7, 11) is 1.55. The molecule has 0 spiro atoms. The Morgan fingerprint density at radius 1 is 1.09 bits per heavy atom. The molecule has 3 aromatic heterocycles. The molecule has 0 radical (unpaired) electrons. The third kappa shape index (κ3) is 4.06. The van der Waals surface area contributed by atoms with Gasteiger partial charge in [0.2, 0.25) is 0 Å². The average Bonchev–Trinajstić information content (AvgIpc) is 3.28. The lowest BCUT2D eigenvalue weighted by Gasteiger charge is -2.12. The highest BCUT2D eigenvalue weighted by Crippen LogP contribution is 2.34. The Morgan fingerprint density at radius 2 is 1.88 bits per heavy atom. The van der Waals surface area contributed by atoms with Gasteiger partial charge in [-0.2, -0.15) is 15.2 Å². The number of para-hydroxylation sites is 1. The first-order chi connectivity index (χ1) is 16.5. The van der Waals surface area contributed by atoms with E-state index in [4.69, 9.17) is 4.74 Å². The van der Waals surface area contributed by atoms with Crippen molar-refractivity contribution in [2.24, 2.45) is 0 Å². The summed E-state index contributed by atoms with van der Waals surface area (Å²) in [5.74, 6) is 0.130. The molecule has 34 heavy (non-hydrogen) atoms. The number of fused-ring (bicyclic) bond motifs is 1. The quantitative estimate of drug-likeness (QED) is 0.357. The van der Waals surface area contributed by atoms with E-state index in [0.717, 1.165) is 15.8 Å². The van der Waals surface area contributed by atoms with E-state index in [-0.39, 0.29) is 21.9 Å². The molecule has 3 heterocycles. The molecule has 168 valence electrons. The zero-order chi connectivity index (χ0) is 23.7. The molecule has 0 aliphatic rings. The minimum absolute atomic E-state index is 0.249. The number of carbonyl (C=O) groups excluding carboxylic acids is 1. The van der Waals surface area contributed by atoms with Gasteiger partial charge < -0.3 is 4.74 Å². The number of hydrogen-bond donors (Lipinski definition) is 1. The molecule has 0 unspecified atom stereocenters. The molecular weight excluding hydrogens is 520 g/mol. The fourth-order valence-electron chi connectivity index (χ4n) is 3.41. The van der Waals surface area contributed by atoms with Crippen LogP contribution in [-0.4, -0.2) is 37.7 Å². The van der Waals surface area contributed by atoms with Crippen LogP contribution in [-0.2, 0) is 0 Å². The maximum atomic E-state index is 13.2. The second-order valence-corrected chi connectivity index (χ2v) is 8.96. The summed E-state index contributed by atoms with van der Waals surface area (Å²) in [4.78, 5) is 34.8. The van der Waals surface area contributed by atoms with Crippen LogP contribution >= 0.6 is 27.3 Å². The number of amides is 1. The second-order valence-electron chi connectivity index (χ2n) is 7.04. The number of nitrogens with zero attached hydrogens (tertiary/aromatic N) is 5. The van der Waals surface area contributed by atoms with Crippen LogP contribution in [0.1, 0.15) is 10.4 Å². The molecule has 0 bridgehead atoms. The number of benzene rings is 2. The smallest absolute Gasteiger partial charge is 0.277 e. The molecule has 0 aliphatic carbocycles. The Labute approximate surface area is 205 Å². The summed E-state index contributed by atoms with van der Waals surface area (Å²) in [6.45, 7) is 0. The molecule has 0 aliphatic heterocycles. The van der Waals surface area contributed by atoms with Crippen LogP contribution < -0.4 is 15.6 Å². The van der Waals surface area contributed by atoms with Gasteiger partial charge >= 0.3 is 0 Å². The van der Waals surface area contributed by atoms with Crippen LogP contribution in [0.15, 0.2) is 76.5 Å². The zero-order valence-corrected chi connectivity index (χ0v) is 20.0. The Balaban J connectivity index is 1.50. The van der Waals surface area contributed by atoms with E-state index in [1.54, 1.807) is 13.2 Å². The molecule has 0 fully saturated rings. The molecular formula is C23H15BrN6O3S. The van der Waals surface area contributed by atoms with Crippen LogP contribution in [0.2, 0.25) is 0 Å². The number of aromatic nitrogens is 5. The van der Waals surface area contributed by atoms with E-state index in [1.807, 2.05) is 42.5 Å². The lowest BCUT2D eigenvalue weighted by atomic mass is 10.0. The fourth-order valence-corrected chi connectivity index (χ4v) is 4.62. The van der Waals surface area contributed by atoms with Gasteiger partial charge in [0.1, 0.15) is 16.8 Å². The highest BCUT2D eigenvalue weighted by molar-refractivity contribution is 9.10. The number of rotatable bonds is 5. The molecule has 9 nitrogen and oxygen atoms in total. The number of methoxy groups -OCH3 is 1. The first kappa shape index (κ1) is 21.9. The summed E-state index contributed by atoms with van der Waals surface area (Å²) < 4.78 is 8.05.